The first-order valence-electron chi connectivity index (χ1n) is 38.9. The molecule has 0 rings (SSSR count). The Morgan fingerprint density at radius 3 is 0.935 bits per heavy atom. The third-order valence-electron chi connectivity index (χ3n) is 17.1. The van der Waals surface area contributed by atoms with Gasteiger partial charge in [-0.25, -0.2) is 0 Å². The lowest BCUT2D eigenvalue weighted by Crippen LogP contribution is -2.37. The lowest BCUT2D eigenvalue weighted by molar-refractivity contribution is -0.870. The monoisotopic (exact) mass is 1310 g/mol. The quantitative estimate of drug-likeness (QED) is 0.0195. The van der Waals surface area contributed by atoms with Gasteiger partial charge in [0.05, 0.1) is 27.7 Å². The van der Waals surface area contributed by atoms with E-state index >= 15 is 0 Å². The Morgan fingerprint density at radius 1 is 0.348 bits per heavy atom. The highest BCUT2D eigenvalue weighted by Crippen LogP contribution is 2.38. The molecule has 2 atom stereocenters. The van der Waals surface area contributed by atoms with E-state index in [9.17, 15) is 19.0 Å². The summed E-state index contributed by atoms with van der Waals surface area (Å²) in [4.78, 5) is 38.2. The zero-order valence-corrected chi connectivity index (χ0v) is 61.9. The number of carbonyl (C=O) groups excluding carboxylic acids is 2. The van der Waals surface area contributed by atoms with Crippen LogP contribution in [0.25, 0.3) is 0 Å². The van der Waals surface area contributed by atoms with Crippen LogP contribution in [0.4, 0.5) is 0 Å². The normalized spacial score (nSPS) is 13.6. The first-order valence-corrected chi connectivity index (χ1v) is 40.4. The Balaban J connectivity index is 3.98. The smallest absolute Gasteiger partial charge is 0.306 e. The molecule has 2 unspecified atom stereocenters. The Morgan fingerprint density at radius 2 is 0.620 bits per heavy atom. The molecular formula is C82H148NO8P. The van der Waals surface area contributed by atoms with Gasteiger partial charge in [-0.05, 0) is 96.3 Å². The van der Waals surface area contributed by atoms with Gasteiger partial charge < -0.3 is 27.9 Å². The second-order valence-corrected chi connectivity index (χ2v) is 28.8. The predicted molar refractivity (Wildman–Crippen MR) is 397 cm³/mol. The summed E-state index contributed by atoms with van der Waals surface area (Å²) in [5.41, 5.74) is 0. The van der Waals surface area contributed by atoms with E-state index in [0.29, 0.717) is 17.4 Å². The van der Waals surface area contributed by atoms with Gasteiger partial charge in [-0.3, -0.25) is 14.2 Å². The van der Waals surface area contributed by atoms with Crippen molar-refractivity contribution in [2.75, 3.05) is 47.5 Å². The minimum atomic E-state index is -4.65. The molecular weight excluding hydrogens is 1160 g/mol. The molecule has 9 nitrogen and oxygen atoms in total. The summed E-state index contributed by atoms with van der Waals surface area (Å²) in [6, 6.07) is 0. The van der Waals surface area contributed by atoms with Gasteiger partial charge in [0.15, 0.2) is 6.10 Å². The van der Waals surface area contributed by atoms with E-state index in [1.807, 2.05) is 21.1 Å². The maximum Gasteiger partial charge on any atom is 0.306 e. The van der Waals surface area contributed by atoms with Crippen molar-refractivity contribution < 1.29 is 42.1 Å². The maximum atomic E-state index is 12.9. The van der Waals surface area contributed by atoms with Crippen LogP contribution in [0.1, 0.15) is 361 Å². The molecule has 0 aliphatic heterocycles. The summed E-state index contributed by atoms with van der Waals surface area (Å²) in [7, 11) is 1.17. The van der Waals surface area contributed by atoms with Crippen LogP contribution in [-0.4, -0.2) is 70.0 Å². The fraction of sp³-hybridized carbons (Fsp3) is 0.780. The van der Waals surface area contributed by atoms with Gasteiger partial charge in [0.1, 0.15) is 19.8 Å². The highest BCUT2D eigenvalue weighted by molar-refractivity contribution is 7.45. The standard InChI is InChI=1S/C82H148NO8P/c1-6-8-10-12-14-16-18-20-22-24-26-28-30-32-34-36-38-39-40-41-42-43-45-46-48-50-52-54-56-58-60-62-64-66-68-70-72-74-81(84)88-78-80(79-90-92(86,87)89-77-76-83(3,4)5)91-82(85)75-73-71-69-67-65-63-61-59-57-55-53-51-49-47-44-37-35-33-31-29-27-25-23-21-19-17-15-13-11-9-7-2/h9,11,15,17,21,23-24,26-27,29,33,35,44,47,51,53,80H,6-8,10,12-14,16,18-20,22,25,28,30-32,34,36-43,45-46,48-50,52,54-79H2,1-5H3/b11-9-,17-15-,23-21-,26-24-,29-27-,35-33-,47-44-,53-51-. The van der Waals surface area contributed by atoms with Gasteiger partial charge in [0.2, 0.25) is 0 Å². The Kier molecular flexibility index (Phi) is 69.8. The topological polar surface area (TPSA) is 111 Å². The number of hydrogen-bond acceptors (Lipinski definition) is 8. The molecule has 92 heavy (non-hydrogen) atoms. The molecule has 0 saturated carbocycles. The van der Waals surface area contributed by atoms with E-state index in [1.165, 1.54) is 238 Å². The first kappa shape index (κ1) is 88.9. The molecule has 534 valence electrons. The molecule has 0 aromatic carbocycles. The molecule has 0 aliphatic rings. The van der Waals surface area contributed by atoms with Crippen LogP contribution in [0.5, 0.6) is 0 Å². The van der Waals surface area contributed by atoms with Crippen molar-refractivity contribution in [1.82, 2.24) is 0 Å². The molecule has 0 N–H and O–H groups in total. The second-order valence-electron chi connectivity index (χ2n) is 27.3. The fourth-order valence-corrected chi connectivity index (χ4v) is 11.9. The summed E-state index contributed by atoms with van der Waals surface area (Å²) in [6.07, 6.45) is 101. The van der Waals surface area contributed by atoms with Crippen molar-refractivity contribution in [1.29, 1.82) is 0 Å². The molecule has 0 bridgehead atoms. The Hall–Kier alpha value is -3.07. The first-order chi connectivity index (χ1) is 45.0. The third kappa shape index (κ3) is 76.0. The van der Waals surface area contributed by atoms with E-state index in [4.69, 9.17) is 18.5 Å². The Bertz CT molecular complexity index is 1880. The van der Waals surface area contributed by atoms with Crippen molar-refractivity contribution in [2.45, 2.75) is 367 Å². The summed E-state index contributed by atoms with van der Waals surface area (Å²) in [6.45, 7) is 4.16. The highest BCUT2D eigenvalue weighted by atomic mass is 31.2. The number of quaternary nitrogens is 1. The van der Waals surface area contributed by atoms with Crippen molar-refractivity contribution in [3.63, 3.8) is 0 Å². The van der Waals surface area contributed by atoms with E-state index in [1.54, 1.807) is 0 Å². The van der Waals surface area contributed by atoms with Crippen molar-refractivity contribution in [3.05, 3.63) is 97.2 Å². The number of likely N-dealkylation sites (N-methyl/N-ethyl adjacent to an activating group) is 1. The van der Waals surface area contributed by atoms with Crippen LogP contribution < -0.4 is 4.89 Å². The molecule has 0 radical (unpaired) electrons. The predicted octanol–water partition coefficient (Wildman–Crippen LogP) is 25.2. The number of unbranched alkanes of at least 4 members (excludes halogenated alkanes) is 42. The van der Waals surface area contributed by atoms with Gasteiger partial charge in [-0.1, -0.05) is 349 Å². The SMILES string of the molecule is CC/C=C\C/C=C\C/C=C\C/C=C\C/C=C\C/C=C\C/C=C\CCCCCCCCCCCC(=O)OC(COC(=O)CCCCCCCCCCCCCCCCCCCCCCCCCCC/C=C\CCCCCCCCCC)COP(=O)([O-])OCC[N+](C)(C)C. The third-order valence-corrected chi connectivity index (χ3v) is 18.1. The van der Waals surface area contributed by atoms with Gasteiger partial charge in [0.25, 0.3) is 7.82 Å². The largest absolute Gasteiger partial charge is 0.756 e. The van der Waals surface area contributed by atoms with E-state index in [0.717, 1.165) is 89.9 Å². The minimum absolute atomic E-state index is 0.0345. The maximum absolute atomic E-state index is 12.9. The lowest BCUT2D eigenvalue weighted by Gasteiger charge is -2.28. The number of ether oxygens (including phenoxy) is 2. The summed E-state index contributed by atoms with van der Waals surface area (Å²) < 4.78 is 34.4. The highest BCUT2D eigenvalue weighted by Gasteiger charge is 2.22. The molecule has 0 heterocycles. The number of allylic oxidation sites excluding steroid dienone is 16. The van der Waals surface area contributed by atoms with Crippen molar-refractivity contribution in [2.24, 2.45) is 0 Å². The zero-order valence-electron chi connectivity index (χ0n) is 61.0. The van der Waals surface area contributed by atoms with Crippen LogP contribution in [0.2, 0.25) is 0 Å². The zero-order chi connectivity index (χ0) is 66.9. The molecule has 0 aromatic rings. The number of phosphoric acid groups is 1. The fourth-order valence-electron chi connectivity index (χ4n) is 11.2. The van der Waals surface area contributed by atoms with Gasteiger partial charge in [0, 0.05) is 12.8 Å². The number of phosphoric ester groups is 1. The van der Waals surface area contributed by atoms with E-state index in [-0.39, 0.29) is 32.0 Å². The van der Waals surface area contributed by atoms with Crippen LogP contribution in [-0.2, 0) is 32.7 Å². The van der Waals surface area contributed by atoms with Gasteiger partial charge >= 0.3 is 11.9 Å². The van der Waals surface area contributed by atoms with Gasteiger partial charge in [-0.2, -0.15) is 0 Å². The van der Waals surface area contributed by atoms with Crippen LogP contribution in [0.15, 0.2) is 97.2 Å². The van der Waals surface area contributed by atoms with Gasteiger partial charge in [-0.15, -0.1) is 0 Å². The number of nitrogens with zero attached hydrogens (tertiary/aromatic N) is 1. The second kappa shape index (κ2) is 72.2. The molecule has 0 aliphatic carbocycles. The summed E-state index contributed by atoms with van der Waals surface area (Å²) >= 11 is 0. The number of esters is 2. The average molecular weight is 1310 g/mol. The lowest BCUT2D eigenvalue weighted by atomic mass is 10.0. The van der Waals surface area contributed by atoms with Crippen LogP contribution in [0, 0.1) is 0 Å². The average Bonchev–Trinajstić information content (AvgIpc) is 2.14. The number of rotatable bonds is 72. The van der Waals surface area contributed by atoms with E-state index in [2.05, 4.69) is 111 Å². The Labute approximate surface area is 570 Å². The molecule has 0 spiro atoms. The van der Waals surface area contributed by atoms with Crippen LogP contribution >= 0.6 is 7.82 Å². The van der Waals surface area contributed by atoms with Crippen molar-refractivity contribution >= 4 is 19.8 Å². The summed E-state index contributed by atoms with van der Waals surface area (Å²) in [5, 5.41) is 0. The summed E-state index contributed by atoms with van der Waals surface area (Å²) in [5.74, 6) is -0.830. The van der Waals surface area contributed by atoms with Crippen LogP contribution in [0.3, 0.4) is 0 Å². The minimum Gasteiger partial charge on any atom is -0.756 e. The molecule has 0 aromatic heterocycles. The van der Waals surface area contributed by atoms with Crippen molar-refractivity contribution in [3.8, 4) is 0 Å². The molecule has 0 saturated heterocycles. The number of hydrogen-bond donors (Lipinski definition) is 0. The van der Waals surface area contributed by atoms with E-state index < -0.39 is 26.5 Å². The molecule has 0 fully saturated rings. The number of carbonyl (C=O) groups is 2. The molecule has 10 heteroatoms. The molecule has 0 amide bonds.